The first-order valence-corrected chi connectivity index (χ1v) is 20.1. The minimum atomic E-state index is -0.786. The summed E-state index contributed by atoms with van der Waals surface area (Å²) in [5.74, 6) is -1.04. The normalized spacial score (nSPS) is 11.3. The van der Waals surface area contributed by atoms with Crippen molar-refractivity contribution in [3.8, 4) is 0 Å². The fourth-order valence-corrected chi connectivity index (χ4v) is 5.68. The van der Waals surface area contributed by atoms with Crippen LogP contribution >= 0.6 is 0 Å². The van der Waals surface area contributed by atoms with Gasteiger partial charge in [-0.3, -0.25) is 0 Å². The van der Waals surface area contributed by atoms with E-state index in [0.717, 1.165) is 19.3 Å². The standard InChI is InChI=1S/C22H42O2.C20H38O2/c1-3-4-5-6-7-8-9-10-11-12-13-14-15-16-17-18-19-20-21(2)22(23)24;1-4-5-6-7-8-9-10-11-12-13-14-15-16-17-18-22-20(21)19(2)3/h20H,3-19H2,1-2H3,(H,23,24);2,4-18H2,1,3H3. The molecule has 4 heteroatoms. The van der Waals surface area contributed by atoms with Crippen molar-refractivity contribution in [1.29, 1.82) is 0 Å². The summed E-state index contributed by atoms with van der Waals surface area (Å²) in [6.45, 7) is 12.0. The van der Waals surface area contributed by atoms with Crippen molar-refractivity contribution in [2.75, 3.05) is 6.61 Å². The number of carbonyl (C=O) groups is 2. The Morgan fingerprint density at radius 3 is 1.07 bits per heavy atom. The number of hydrogen-bond acceptors (Lipinski definition) is 3. The molecular formula is C42H80O4. The fourth-order valence-electron chi connectivity index (χ4n) is 5.68. The maximum Gasteiger partial charge on any atom is 0.333 e. The van der Waals surface area contributed by atoms with Crippen LogP contribution in [-0.4, -0.2) is 23.7 Å². The zero-order valence-electron chi connectivity index (χ0n) is 31.6. The van der Waals surface area contributed by atoms with Gasteiger partial charge in [0.2, 0.25) is 0 Å². The Kier molecular flexibility index (Phi) is 40.1. The highest BCUT2D eigenvalue weighted by molar-refractivity contribution is 5.87. The molecule has 0 unspecified atom stereocenters. The van der Waals surface area contributed by atoms with Crippen molar-refractivity contribution in [1.82, 2.24) is 0 Å². The second-order valence-corrected chi connectivity index (χ2v) is 13.8. The van der Waals surface area contributed by atoms with Gasteiger partial charge >= 0.3 is 11.9 Å². The largest absolute Gasteiger partial charge is 0.478 e. The predicted molar refractivity (Wildman–Crippen MR) is 202 cm³/mol. The number of esters is 1. The Bertz CT molecular complexity index is 696. The molecule has 0 aliphatic heterocycles. The topological polar surface area (TPSA) is 63.6 Å². The zero-order chi connectivity index (χ0) is 34.4. The second-order valence-electron chi connectivity index (χ2n) is 13.8. The van der Waals surface area contributed by atoms with E-state index in [1.807, 2.05) is 6.08 Å². The molecule has 0 bridgehead atoms. The zero-order valence-corrected chi connectivity index (χ0v) is 31.6. The van der Waals surface area contributed by atoms with Gasteiger partial charge in [0.1, 0.15) is 0 Å². The average molecular weight is 649 g/mol. The van der Waals surface area contributed by atoms with Gasteiger partial charge < -0.3 is 9.84 Å². The third-order valence-electron chi connectivity index (χ3n) is 8.93. The lowest BCUT2D eigenvalue weighted by Gasteiger charge is -2.04. The van der Waals surface area contributed by atoms with Crippen LogP contribution in [0.1, 0.15) is 227 Å². The van der Waals surface area contributed by atoms with Crippen LogP contribution < -0.4 is 0 Å². The molecule has 272 valence electrons. The summed E-state index contributed by atoms with van der Waals surface area (Å²) < 4.78 is 5.07. The number of ether oxygens (including phenoxy) is 1. The van der Waals surface area contributed by atoms with Crippen LogP contribution in [0.15, 0.2) is 23.8 Å². The number of allylic oxidation sites excluding steroid dienone is 1. The fraction of sp³-hybridized carbons (Fsp3) is 0.857. The third kappa shape index (κ3) is 40.4. The van der Waals surface area contributed by atoms with Crippen LogP contribution in [0, 0.1) is 0 Å². The molecule has 0 atom stereocenters. The smallest absolute Gasteiger partial charge is 0.333 e. The predicted octanol–water partition coefficient (Wildman–Crippen LogP) is 14.3. The molecule has 0 radical (unpaired) electrons. The molecule has 0 saturated heterocycles. The van der Waals surface area contributed by atoms with Crippen LogP contribution in [-0.2, 0) is 14.3 Å². The summed E-state index contributed by atoms with van der Waals surface area (Å²) in [6, 6.07) is 0. The Hall–Kier alpha value is -1.58. The highest BCUT2D eigenvalue weighted by Gasteiger charge is 2.02. The molecule has 0 saturated carbocycles. The summed E-state index contributed by atoms with van der Waals surface area (Å²) in [7, 11) is 0. The van der Waals surface area contributed by atoms with Gasteiger partial charge in [-0.15, -0.1) is 0 Å². The molecule has 0 aromatic carbocycles. The van der Waals surface area contributed by atoms with Crippen molar-refractivity contribution in [2.24, 2.45) is 0 Å². The van der Waals surface area contributed by atoms with Crippen LogP contribution in [0.3, 0.4) is 0 Å². The summed E-state index contributed by atoms with van der Waals surface area (Å²) in [6.07, 6.45) is 43.6. The number of rotatable bonds is 34. The lowest BCUT2D eigenvalue weighted by Crippen LogP contribution is -2.05. The molecule has 1 N–H and O–H groups in total. The van der Waals surface area contributed by atoms with Crippen LogP contribution in [0.2, 0.25) is 0 Å². The first-order chi connectivity index (χ1) is 22.4. The van der Waals surface area contributed by atoms with Gasteiger partial charge in [0.15, 0.2) is 0 Å². The van der Waals surface area contributed by atoms with Crippen molar-refractivity contribution < 1.29 is 19.4 Å². The van der Waals surface area contributed by atoms with Crippen LogP contribution in [0.25, 0.3) is 0 Å². The first-order valence-electron chi connectivity index (χ1n) is 20.1. The lowest BCUT2D eigenvalue weighted by molar-refractivity contribution is -0.139. The molecule has 46 heavy (non-hydrogen) atoms. The minimum absolute atomic E-state index is 0.255. The maximum absolute atomic E-state index is 11.2. The van der Waals surface area contributed by atoms with Gasteiger partial charge in [-0.25, -0.2) is 9.59 Å². The quantitative estimate of drug-likeness (QED) is 0.0428. The second kappa shape index (κ2) is 39.6. The SMILES string of the molecule is C=C(C)C(=O)OCCCCCCCCCCCCCCCC.CCCCCCCCCCCCCCCCCCC=C(C)C(=O)O. The van der Waals surface area contributed by atoms with E-state index in [0.29, 0.717) is 17.8 Å². The van der Waals surface area contributed by atoms with Crippen LogP contribution in [0.5, 0.6) is 0 Å². The minimum Gasteiger partial charge on any atom is -0.478 e. The molecule has 0 aromatic rings. The van der Waals surface area contributed by atoms with Gasteiger partial charge in [0, 0.05) is 11.1 Å². The highest BCUT2D eigenvalue weighted by Crippen LogP contribution is 2.15. The van der Waals surface area contributed by atoms with E-state index < -0.39 is 5.97 Å². The molecule has 0 spiro atoms. The monoisotopic (exact) mass is 649 g/mol. The molecule has 0 amide bonds. The lowest BCUT2D eigenvalue weighted by atomic mass is 10.0. The van der Waals surface area contributed by atoms with Gasteiger partial charge in [-0.05, 0) is 33.1 Å². The van der Waals surface area contributed by atoms with Crippen molar-refractivity contribution in [2.45, 2.75) is 227 Å². The van der Waals surface area contributed by atoms with Gasteiger partial charge in [-0.2, -0.15) is 0 Å². The van der Waals surface area contributed by atoms with Crippen molar-refractivity contribution in [3.63, 3.8) is 0 Å². The van der Waals surface area contributed by atoms with E-state index in [9.17, 15) is 9.59 Å². The summed E-state index contributed by atoms with van der Waals surface area (Å²) in [5.41, 5.74) is 0.973. The summed E-state index contributed by atoms with van der Waals surface area (Å²) in [5, 5.41) is 8.75. The molecule has 0 rings (SSSR count). The third-order valence-corrected chi connectivity index (χ3v) is 8.93. The molecular weight excluding hydrogens is 568 g/mol. The Labute approximate surface area is 288 Å². The van der Waals surface area contributed by atoms with Gasteiger partial charge in [-0.1, -0.05) is 206 Å². The highest BCUT2D eigenvalue weighted by atomic mass is 16.5. The summed E-state index contributed by atoms with van der Waals surface area (Å²) >= 11 is 0. The Balaban J connectivity index is 0. The summed E-state index contributed by atoms with van der Waals surface area (Å²) in [4.78, 5) is 21.8. The van der Waals surface area contributed by atoms with Crippen molar-refractivity contribution >= 4 is 11.9 Å². The average Bonchev–Trinajstić information content (AvgIpc) is 3.04. The van der Waals surface area contributed by atoms with E-state index in [1.165, 1.54) is 180 Å². The molecule has 4 nitrogen and oxygen atoms in total. The van der Waals surface area contributed by atoms with E-state index in [-0.39, 0.29) is 5.97 Å². The number of aliphatic carboxylic acids is 1. The molecule has 0 heterocycles. The van der Waals surface area contributed by atoms with E-state index >= 15 is 0 Å². The maximum atomic E-state index is 11.2. The van der Waals surface area contributed by atoms with Gasteiger partial charge in [0.05, 0.1) is 6.61 Å². The van der Waals surface area contributed by atoms with E-state index in [4.69, 9.17) is 9.84 Å². The molecule has 0 fully saturated rings. The van der Waals surface area contributed by atoms with Crippen LogP contribution in [0.4, 0.5) is 0 Å². The Morgan fingerprint density at radius 1 is 0.500 bits per heavy atom. The number of unbranched alkanes of at least 4 members (excludes halogenated alkanes) is 29. The molecule has 0 aliphatic rings. The van der Waals surface area contributed by atoms with E-state index in [1.54, 1.807) is 13.8 Å². The first kappa shape index (κ1) is 46.5. The number of carboxylic acid groups (broad SMARTS) is 1. The molecule has 0 aliphatic carbocycles. The Morgan fingerprint density at radius 2 is 0.783 bits per heavy atom. The van der Waals surface area contributed by atoms with Gasteiger partial charge in [0.25, 0.3) is 0 Å². The number of carboxylic acids is 1. The molecule has 0 aromatic heterocycles. The van der Waals surface area contributed by atoms with E-state index in [2.05, 4.69) is 20.4 Å². The van der Waals surface area contributed by atoms with Crippen molar-refractivity contribution in [3.05, 3.63) is 23.8 Å². The number of hydrogen-bond donors (Lipinski definition) is 1. The number of carbonyl (C=O) groups excluding carboxylic acids is 1.